The van der Waals surface area contributed by atoms with Crippen LogP contribution in [0.2, 0.25) is 0 Å². The number of pyridine rings is 1. The number of nitriles is 1. The Morgan fingerprint density at radius 2 is 1.85 bits per heavy atom. The first kappa shape index (κ1) is 33.3. The lowest BCUT2D eigenvalue weighted by Crippen LogP contribution is -2.32. The summed E-state index contributed by atoms with van der Waals surface area (Å²) < 4.78 is 42.6. The first-order valence-electron chi connectivity index (χ1n) is 14.9. The molecule has 2 aliphatic rings. The van der Waals surface area contributed by atoms with Crippen LogP contribution in [0, 0.1) is 23.0 Å². The highest BCUT2D eigenvalue weighted by atomic mass is 32.1. The zero-order chi connectivity index (χ0) is 33.4. The van der Waals surface area contributed by atoms with Gasteiger partial charge in [0.1, 0.15) is 22.2 Å². The summed E-state index contributed by atoms with van der Waals surface area (Å²) in [6.07, 6.45) is 3.85. The monoisotopic (exact) mass is 653 g/mol. The first-order valence-corrected chi connectivity index (χ1v) is 15.7. The Morgan fingerprint density at radius 3 is 2.46 bits per heavy atom. The molecule has 14 heteroatoms. The van der Waals surface area contributed by atoms with Crippen LogP contribution in [0.4, 0.5) is 24.5 Å². The van der Waals surface area contributed by atoms with Crippen molar-refractivity contribution in [3.8, 4) is 17.3 Å². The lowest BCUT2D eigenvalue weighted by molar-refractivity contribution is 0.0636. The minimum atomic E-state index is -0.794. The average Bonchev–Trinajstić information content (AvgIpc) is 3.73. The first-order chi connectivity index (χ1) is 21.7. The molecule has 244 valence electrons. The van der Waals surface area contributed by atoms with Crippen molar-refractivity contribution in [2.45, 2.75) is 71.9 Å². The van der Waals surface area contributed by atoms with Gasteiger partial charge in [-0.05, 0) is 65.6 Å². The highest BCUT2D eigenvalue weighted by Gasteiger charge is 2.31. The maximum Gasteiger partial charge on any atom is 0.412 e. The fourth-order valence-electron chi connectivity index (χ4n) is 5.50. The third-order valence-electron chi connectivity index (χ3n) is 7.32. The van der Waals surface area contributed by atoms with E-state index in [1.165, 1.54) is 0 Å². The quantitative estimate of drug-likeness (QED) is 0.234. The molecular formula is C32H37F2N7O4S. The number of nitrogens with zero attached hydrogens (tertiary/aromatic N) is 5. The lowest BCUT2D eigenvalue weighted by Gasteiger charge is -2.19. The Bertz CT molecular complexity index is 1840. The van der Waals surface area contributed by atoms with Crippen LogP contribution in [0.25, 0.3) is 32.2 Å². The summed E-state index contributed by atoms with van der Waals surface area (Å²) >= 11 is 0.865. The zero-order valence-electron chi connectivity index (χ0n) is 26.7. The number of aliphatic hydroxyl groups is 1. The van der Waals surface area contributed by atoms with E-state index in [-0.39, 0.29) is 50.6 Å². The molecule has 4 aromatic rings. The molecule has 0 spiro atoms. The highest BCUT2D eigenvalue weighted by Crippen LogP contribution is 2.46. The molecule has 0 unspecified atom stereocenters. The molecule has 0 saturated carbocycles. The van der Waals surface area contributed by atoms with Gasteiger partial charge in [-0.2, -0.15) is 5.26 Å². The molecule has 1 saturated heterocycles. The maximum atomic E-state index is 16.5. The number of aromatic nitrogens is 3. The number of thiophene rings is 1. The number of fused-ring (bicyclic) bond motifs is 4. The number of hydrogen-bond donors (Lipinski definition) is 3. The minimum absolute atomic E-state index is 0.0320. The van der Waals surface area contributed by atoms with Crippen molar-refractivity contribution in [3.05, 3.63) is 40.7 Å². The molecule has 1 amide bonds. The fourth-order valence-corrected chi connectivity index (χ4v) is 6.54. The van der Waals surface area contributed by atoms with Crippen LogP contribution in [0.5, 0.6) is 0 Å². The van der Waals surface area contributed by atoms with Crippen molar-refractivity contribution in [2.75, 3.05) is 36.9 Å². The SMILES string of the molecule is CC(C)(C)OC(=O)Nc1sc2c(F)cnc(-c3c4c(c5cnc(N6CCCC6)nc5c3F)COC4)c2c1C#N.CNCC(C)(C)O. The Morgan fingerprint density at radius 1 is 1.15 bits per heavy atom. The normalized spacial score (nSPS) is 14.7. The summed E-state index contributed by atoms with van der Waals surface area (Å²) in [7, 11) is 1.82. The number of likely N-dealkylation sites (N-methyl/N-ethyl adjacent to an activating group) is 1. The van der Waals surface area contributed by atoms with Gasteiger partial charge in [0.15, 0.2) is 11.6 Å². The molecule has 0 aliphatic carbocycles. The third kappa shape index (κ3) is 6.87. The largest absolute Gasteiger partial charge is 0.444 e. The molecule has 0 atom stereocenters. The van der Waals surface area contributed by atoms with Gasteiger partial charge in [-0.15, -0.1) is 11.3 Å². The number of carbonyl (C=O) groups excluding carboxylic acids is 1. The second-order valence-electron chi connectivity index (χ2n) is 12.8. The Labute approximate surface area is 269 Å². The van der Waals surface area contributed by atoms with Gasteiger partial charge in [0.05, 0.1) is 41.0 Å². The highest BCUT2D eigenvalue weighted by molar-refractivity contribution is 7.23. The van der Waals surface area contributed by atoms with E-state index in [9.17, 15) is 10.1 Å². The summed E-state index contributed by atoms with van der Waals surface area (Å²) in [6, 6.07) is 2.04. The maximum absolute atomic E-state index is 16.5. The van der Waals surface area contributed by atoms with E-state index in [2.05, 4.69) is 25.6 Å². The van der Waals surface area contributed by atoms with Crippen LogP contribution in [0.15, 0.2) is 12.4 Å². The molecule has 2 aliphatic heterocycles. The second-order valence-corrected chi connectivity index (χ2v) is 13.8. The van der Waals surface area contributed by atoms with Crippen molar-refractivity contribution in [1.82, 2.24) is 20.3 Å². The van der Waals surface area contributed by atoms with Gasteiger partial charge in [0.25, 0.3) is 0 Å². The van der Waals surface area contributed by atoms with Crippen LogP contribution in [0.3, 0.4) is 0 Å². The molecule has 5 heterocycles. The summed E-state index contributed by atoms with van der Waals surface area (Å²) in [5.41, 5.74) is 0.208. The van der Waals surface area contributed by atoms with Crippen LogP contribution >= 0.6 is 11.3 Å². The molecule has 6 rings (SSSR count). The van der Waals surface area contributed by atoms with E-state index < -0.39 is 28.9 Å². The molecule has 46 heavy (non-hydrogen) atoms. The van der Waals surface area contributed by atoms with E-state index in [1.807, 2.05) is 18.0 Å². The van der Waals surface area contributed by atoms with Gasteiger partial charge >= 0.3 is 6.09 Å². The van der Waals surface area contributed by atoms with Crippen molar-refractivity contribution >= 4 is 49.4 Å². The number of halogens is 2. The van der Waals surface area contributed by atoms with Gasteiger partial charge in [0.2, 0.25) is 5.95 Å². The summed E-state index contributed by atoms with van der Waals surface area (Å²) in [6.45, 7) is 11.2. The van der Waals surface area contributed by atoms with E-state index in [0.717, 1.165) is 49.0 Å². The van der Waals surface area contributed by atoms with Crippen molar-refractivity contribution < 1.29 is 28.2 Å². The lowest BCUT2D eigenvalue weighted by atomic mass is 9.94. The zero-order valence-corrected chi connectivity index (χ0v) is 27.5. The van der Waals surface area contributed by atoms with Gasteiger partial charge in [-0.3, -0.25) is 10.3 Å². The van der Waals surface area contributed by atoms with Crippen LogP contribution in [0.1, 0.15) is 64.2 Å². The topological polar surface area (TPSA) is 146 Å². The fraction of sp³-hybridized carbons (Fsp3) is 0.469. The molecule has 0 radical (unpaired) electrons. The predicted molar refractivity (Wildman–Crippen MR) is 173 cm³/mol. The van der Waals surface area contributed by atoms with Gasteiger partial charge in [-0.1, -0.05) is 0 Å². The summed E-state index contributed by atoms with van der Waals surface area (Å²) in [5, 5.41) is 25.2. The van der Waals surface area contributed by atoms with E-state index in [1.54, 1.807) is 40.8 Å². The van der Waals surface area contributed by atoms with Gasteiger partial charge in [0, 0.05) is 42.2 Å². The minimum Gasteiger partial charge on any atom is -0.444 e. The number of anilines is 2. The van der Waals surface area contributed by atoms with Crippen LogP contribution < -0.4 is 15.5 Å². The molecular weight excluding hydrogens is 616 g/mol. The van der Waals surface area contributed by atoms with Crippen molar-refractivity contribution in [3.63, 3.8) is 0 Å². The standard InChI is InChI=1S/C27H24F2N6O3S.C5H13NO/c1-27(2,3)38-26(36)34-24-13(8-30)19-22(31-10-17(28)23(19)39-24)18-16-12-37-11-15(16)14-9-32-25(33-21(14)20(18)29)35-6-4-5-7-35;1-5(2,7)4-6-3/h9-10H,4-7,11-12H2,1-3H3,(H,34,36);6-7H,4H2,1-3H3. The third-order valence-corrected chi connectivity index (χ3v) is 8.43. The predicted octanol–water partition coefficient (Wildman–Crippen LogP) is 6.01. The number of hydrogen-bond acceptors (Lipinski definition) is 11. The molecule has 0 bridgehead atoms. The summed E-state index contributed by atoms with van der Waals surface area (Å²) in [5.74, 6) is -0.896. The van der Waals surface area contributed by atoms with Crippen molar-refractivity contribution in [2.24, 2.45) is 0 Å². The number of ether oxygens (including phenoxy) is 2. The summed E-state index contributed by atoms with van der Waals surface area (Å²) in [4.78, 5) is 27.8. The number of amides is 1. The molecule has 11 nitrogen and oxygen atoms in total. The Kier molecular flexibility index (Phi) is 9.42. The molecule has 3 aromatic heterocycles. The smallest absolute Gasteiger partial charge is 0.412 e. The van der Waals surface area contributed by atoms with E-state index >= 15 is 8.78 Å². The van der Waals surface area contributed by atoms with Crippen LogP contribution in [-0.4, -0.2) is 64.0 Å². The number of carbonyl (C=O) groups is 1. The van der Waals surface area contributed by atoms with Gasteiger partial charge < -0.3 is 24.8 Å². The number of benzene rings is 1. The molecule has 1 aromatic carbocycles. The number of nitrogens with one attached hydrogen (secondary N) is 2. The van der Waals surface area contributed by atoms with Gasteiger partial charge in [-0.25, -0.2) is 23.5 Å². The van der Waals surface area contributed by atoms with E-state index in [4.69, 9.17) is 14.6 Å². The average molecular weight is 654 g/mol. The van der Waals surface area contributed by atoms with E-state index in [0.29, 0.717) is 23.4 Å². The van der Waals surface area contributed by atoms with Crippen molar-refractivity contribution in [1.29, 1.82) is 5.26 Å². The molecule has 1 fully saturated rings. The second kappa shape index (κ2) is 13.0. The van der Waals surface area contributed by atoms with Crippen LogP contribution in [-0.2, 0) is 22.7 Å². The Balaban J connectivity index is 0.000000537. The number of rotatable bonds is 5. The molecule has 3 N–H and O–H groups in total. The Hall–Kier alpha value is -4.03.